The molecule has 0 radical (unpaired) electrons. The predicted molar refractivity (Wildman–Crippen MR) is 121 cm³/mol. The Bertz CT molecular complexity index is 1160. The molecule has 33 heavy (non-hydrogen) atoms. The van der Waals surface area contributed by atoms with E-state index in [2.05, 4.69) is 16.0 Å². The van der Waals surface area contributed by atoms with Crippen molar-refractivity contribution in [3.63, 3.8) is 0 Å². The van der Waals surface area contributed by atoms with Gasteiger partial charge in [0.1, 0.15) is 17.9 Å². The van der Waals surface area contributed by atoms with Crippen LogP contribution in [0.3, 0.4) is 0 Å². The summed E-state index contributed by atoms with van der Waals surface area (Å²) in [5.74, 6) is -1.32. The van der Waals surface area contributed by atoms with E-state index in [1.165, 1.54) is 0 Å². The molecule has 3 amide bonds. The molecule has 2 heterocycles. The monoisotopic (exact) mass is 447 g/mol. The van der Waals surface area contributed by atoms with E-state index in [4.69, 9.17) is 4.42 Å². The Morgan fingerprint density at radius 1 is 1.12 bits per heavy atom. The molecule has 8 heteroatoms. The molecule has 0 aliphatic carbocycles. The van der Waals surface area contributed by atoms with Gasteiger partial charge in [-0.2, -0.15) is 0 Å². The Balaban J connectivity index is 1.49. The fraction of sp³-hybridized carbons (Fsp3) is 0.280. The van der Waals surface area contributed by atoms with Crippen LogP contribution in [0.5, 0.6) is 0 Å². The molecule has 3 N–H and O–H groups in total. The molecule has 1 aromatic heterocycles. The largest absolute Gasteiger partial charge is 0.464 e. The summed E-state index contributed by atoms with van der Waals surface area (Å²) in [7, 11) is 0. The van der Waals surface area contributed by atoms with Gasteiger partial charge in [0.05, 0.1) is 12.3 Å². The van der Waals surface area contributed by atoms with Gasteiger partial charge in [-0.15, -0.1) is 0 Å². The second-order valence-corrected chi connectivity index (χ2v) is 8.15. The zero-order valence-electron chi connectivity index (χ0n) is 18.0. The van der Waals surface area contributed by atoms with Crippen LogP contribution in [-0.2, 0) is 20.8 Å². The first-order valence-electron chi connectivity index (χ1n) is 10.9. The summed E-state index contributed by atoms with van der Waals surface area (Å²) in [6.45, 7) is 0.566. The van der Waals surface area contributed by atoms with E-state index in [1.807, 2.05) is 30.3 Å². The van der Waals surface area contributed by atoms with Crippen molar-refractivity contribution in [1.82, 2.24) is 16.0 Å². The standard InChI is InChI=1S/C25H25N3O5/c29-15-20(14-19-8-10-26-23(19)30)27-25(32)21(12-16-4-2-1-3-5-16)28-24(31)18-6-7-22-17(13-18)9-11-33-22/h1-7,9,11,13,15,19-21H,8,10,12,14H2,(H,26,30)(H,27,32)(H,28,31)/t19-,20-,21-/m0/s1. The van der Waals surface area contributed by atoms with Crippen LogP contribution in [0, 0.1) is 5.92 Å². The van der Waals surface area contributed by atoms with Crippen molar-refractivity contribution in [3.8, 4) is 0 Å². The number of fused-ring (bicyclic) bond motifs is 1. The molecule has 3 aromatic rings. The van der Waals surface area contributed by atoms with Gasteiger partial charge in [-0.05, 0) is 42.7 Å². The lowest BCUT2D eigenvalue weighted by molar-refractivity contribution is -0.127. The summed E-state index contributed by atoms with van der Waals surface area (Å²) < 4.78 is 5.31. The Kier molecular flexibility index (Phi) is 6.83. The number of furan rings is 1. The summed E-state index contributed by atoms with van der Waals surface area (Å²) >= 11 is 0. The fourth-order valence-corrected chi connectivity index (χ4v) is 4.02. The smallest absolute Gasteiger partial charge is 0.251 e. The molecule has 0 saturated carbocycles. The van der Waals surface area contributed by atoms with E-state index in [1.54, 1.807) is 30.5 Å². The van der Waals surface area contributed by atoms with Gasteiger partial charge in [-0.25, -0.2) is 0 Å². The van der Waals surface area contributed by atoms with Crippen LogP contribution in [0.2, 0.25) is 0 Å². The quantitative estimate of drug-likeness (QED) is 0.434. The first-order chi connectivity index (χ1) is 16.0. The number of hydrogen-bond donors (Lipinski definition) is 3. The minimum atomic E-state index is -0.903. The van der Waals surface area contributed by atoms with Crippen LogP contribution in [0.4, 0.5) is 0 Å². The van der Waals surface area contributed by atoms with Crippen molar-refractivity contribution in [1.29, 1.82) is 0 Å². The highest BCUT2D eigenvalue weighted by molar-refractivity contribution is 6.00. The van der Waals surface area contributed by atoms with Gasteiger partial charge in [0.2, 0.25) is 11.8 Å². The van der Waals surface area contributed by atoms with Crippen molar-refractivity contribution in [3.05, 3.63) is 72.0 Å². The number of benzene rings is 2. The van der Waals surface area contributed by atoms with E-state index in [9.17, 15) is 19.2 Å². The molecule has 1 aliphatic rings. The SMILES string of the molecule is O=C[C@H](C[C@@H]1CCNC1=O)NC(=O)[C@H](Cc1ccccc1)NC(=O)c1ccc2occc2c1. The number of hydrogen-bond acceptors (Lipinski definition) is 5. The Hall–Kier alpha value is -3.94. The molecule has 4 rings (SSSR count). The molecular weight excluding hydrogens is 422 g/mol. The van der Waals surface area contributed by atoms with Crippen molar-refractivity contribution in [2.24, 2.45) is 5.92 Å². The third-order valence-electron chi connectivity index (χ3n) is 5.81. The summed E-state index contributed by atoms with van der Waals surface area (Å²) in [5, 5.41) is 9.01. The number of aldehydes is 1. The second-order valence-electron chi connectivity index (χ2n) is 8.15. The maximum Gasteiger partial charge on any atom is 0.251 e. The molecule has 3 atom stereocenters. The highest BCUT2D eigenvalue weighted by Gasteiger charge is 2.30. The van der Waals surface area contributed by atoms with Gasteiger partial charge in [0, 0.05) is 29.8 Å². The fourth-order valence-electron chi connectivity index (χ4n) is 4.02. The molecule has 170 valence electrons. The van der Waals surface area contributed by atoms with E-state index < -0.39 is 23.9 Å². The first-order valence-corrected chi connectivity index (χ1v) is 10.9. The van der Waals surface area contributed by atoms with Crippen LogP contribution in [0.1, 0.15) is 28.8 Å². The van der Waals surface area contributed by atoms with Crippen molar-refractivity contribution in [2.45, 2.75) is 31.3 Å². The van der Waals surface area contributed by atoms with Gasteiger partial charge in [-0.1, -0.05) is 30.3 Å². The van der Waals surface area contributed by atoms with E-state index in [0.717, 1.165) is 10.9 Å². The van der Waals surface area contributed by atoms with E-state index >= 15 is 0 Å². The van der Waals surface area contributed by atoms with E-state index in [0.29, 0.717) is 30.4 Å². The van der Waals surface area contributed by atoms with Gasteiger partial charge in [0.25, 0.3) is 5.91 Å². The van der Waals surface area contributed by atoms with Crippen LogP contribution < -0.4 is 16.0 Å². The van der Waals surface area contributed by atoms with Crippen LogP contribution in [0.15, 0.2) is 65.3 Å². The lowest BCUT2D eigenvalue weighted by atomic mass is 9.98. The highest BCUT2D eigenvalue weighted by atomic mass is 16.3. The minimum absolute atomic E-state index is 0.111. The number of nitrogens with one attached hydrogen (secondary N) is 3. The lowest BCUT2D eigenvalue weighted by Crippen LogP contribution is -2.51. The van der Waals surface area contributed by atoms with Crippen LogP contribution >= 0.6 is 0 Å². The highest BCUT2D eigenvalue weighted by Crippen LogP contribution is 2.18. The molecule has 1 saturated heterocycles. The average Bonchev–Trinajstić information content (AvgIpc) is 3.46. The molecule has 8 nitrogen and oxygen atoms in total. The molecule has 1 fully saturated rings. The molecule has 1 aliphatic heterocycles. The van der Waals surface area contributed by atoms with Gasteiger partial charge < -0.3 is 25.2 Å². The number of carbonyl (C=O) groups is 4. The number of rotatable bonds is 9. The summed E-state index contributed by atoms with van der Waals surface area (Å²) in [6.07, 6.45) is 3.28. The molecule has 0 unspecified atom stereocenters. The molecule has 0 spiro atoms. The second kappa shape index (κ2) is 10.1. The number of amides is 3. The number of carbonyl (C=O) groups excluding carboxylic acids is 4. The van der Waals surface area contributed by atoms with E-state index in [-0.39, 0.29) is 24.7 Å². The molecular formula is C25H25N3O5. The molecule has 0 bridgehead atoms. The van der Waals surface area contributed by atoms with Crippen LogP contribution in [0.25, 0.3) is 11.0 Å². The lowest BCUT2D eigenvalue weighted by Gasteiger charge is -2.22. The first kappa shape index (κ1) is 22.3. The van der Waals surface area contributed by atoms with Gasteiger partial charge in [-0.3, -0.25) is 14.4 Å². The Labute approximate surface area is 190 Å². The normalized spacial score (nSPS) is 17.2. The summed E-state index contributed by atoms with van der Waals surface area (Å²) in [5.41, 5.74) is 1.92. The maximum atomic E-state index is 13.1. The predicted octanol–water partition coefficient (Wildman–Crippen LogP) is 1.98. The van der Waals surface area contributed by atoms with Crippen molar-refractivity contribution < 1.29 is 23.6 Å². The van der Waals surface area contributed by atoms with Gasteiger partial charge in [0.15, 0.2) is 0 Å². The molecule has 2 aromatic carbocycles. The zero-order chi connectivity index (χ0) is 23.2. The summed E-state index contributed by atoms with van der Waals surface area (Å²) in [6, 6.07) is 14.4. The van der Waals surface area contributed by atoms with Crippen LogP contribution in [-0.4, -0.2) is 42.6 Å². The Morgan fingerprint density at radius 3 is 2.67 bits per heavy atom. The Morgan fingerprint density at radius 2 is 1.94 bits per heavy atom. The minimum Gasteiger partial charge on any atom is -0.464 e. The third-order valence-corrected chi connectivity index (χ3v) is 5.81. The maximum absolute atomic E-state index is 13.1. The summed E-state index contributed by atoms with van der Waals surface area (Å²) in [4.78, 5) is 49.5. The zero-order valence-corrected chi connectivity index (χ0v) is 18.0. The topological polar surface area (TPSA) is 118 Å². The average molecular weight is 447 g/mol. The van der Waals surface area contributed by atoms with Gasteiger partial charge >= 0.3 is 0 Å². The third kappa shape index (κ3) is 5.46. The van der Waals surface area contributed by atoms with Crippen molar-refractivity contribution >= 4 is 35.0 Å². The van der Waals surface area contributed by atoms with Crippen molar-refractivity contribution in [2.75, 3.05) is 6.54 Å².